The lowest BCUT2D eigenvalue weighted by Crippen LogP contribution is -2.62. The summed E-state index contributed by atoms with van der Waals surface area (Å²) in [7, 11) is 1.50. The molecule has 6 heterocycles. The number of methoxy groups -OCH3 is 1. The number of H-pyrrole nitrogens is 3. The van der Waals surface area contributed by atoms with Crippen molar-refractivity contribution in [3.63, 3.8) is 0 Å². The molecule has 0 spiro atoms. The maximum Gasteiger partial charge on any atom is 0.305 e. The van der Waals surface area contributed by atoms with Gasteiger partial charge in [-0.15, -0.1) is 0 Å². The first-order chi connectivity index (χ1) is 43.8. The number of carboxylic acid groups (broad SMARTS) is 1. The van der Waals surface area contributed by atoms with Gasteiger partial charge in [-0.05, 0) is 96.6 Å². The Morgan fingerprint density at radius 2 is 1.31 bits per heavy atom. The maximum atomic E-state index is 15.1. The van der Waals surface area contributed by atoms with Crippen LogP contribution in [-0.4, -0.2) is 157 Å². The van der Waals surface area contributed by atoms with Crippen molar-refractivity contribution in [3.8, 4) is 5.75 Å². The van der Waals surface area contributed by atoms with Crippen LogP contribution in [0.25, 0.3) is 21.8 Å². The molecule has 7 aromatic rings. The highest BCUT2D eigenvalue weighted by molar-refractivity contribution is 7.98. The molecule has 0 radical (unpaired) electrons. The molecule has 0 saturated carbocycles. The number of nitrogens with zero attached hydrogens (tertiary/aromatic N) is 2. The summed E-state index contributed by atoms with van der Waals surface area (Å²) in [5.74, 6) is -5.69. The van der Waals surface area contributed by atoms with Crippen LogP contribution in [0.15, 0.2) is 110 Å². The van der Waals surface area contributed by atoms with E-state index in [0.29, 0.717) is 86.8 Å². The third-order valence-electron chi connectivity index (χ3n) is 15.9. The number of carbonyl (C=O) groups is 9. The predicted molar refractivity (Wildman–Crippen MR) is 338 cm³/mol. The minimum absolute atomic E-state index is 0.0843. The topological polar surface area (TPSA) is 331 Å². The van der Waals surface area contributed by atoms with E-state index in [1.54, 1.807) is 60.8 Å². The summed E-state index contributed by atoms with van der Waals surface area (Å²) >= 11 is 3.18. The molecule has 4 aromatic carbocycles. The number of aromatic amines is 3. The average molecular weight is 1290 g/mol. The number of benzene rings is 4. The fraction of sp³-hybridized carbons (Fsp3) is 0.375. The van der Waals surface area contributed by atoms with Crippen LogP contribution in [0, 0.1) is 11.6 Å². The van der Waals surface area contributed by atoms with E-state index >= 15 is 4.79 Å². The molecular formula is C64H72F2N12O11S2. The fourth-order valence-electron chi connectivity index (χ4n) is 11.0. The number of aromatic nitrogens is 4. The van der Waals surface area contributed by atoms with Crippen LogP contribution in [0.5, 0.6) is 5.75 Å². The van der Waals surface area contributed by atoms with E-state index in [2.05, 4.69) is 57.2 Å². The summed E-state index contributed by atoms with van der Waals surface area (Å²) in [5, 5.41) is 30.0. The van der Waals surface area contributed by atoms with Crippen molar-refractivity contribution in [1.82, 2.24) is 62.1 Å². The van der Waals surface area contributed by atoms with Gasteiger partial charge in [0.15, 0.2) is 0 Å². The van der Waals surface area contributed by atoms with Gasteiger partial charge >= 0.3 is 5.97 Å². The molecule has 1 saturated heterocycles. The Morgan fingerprint density at radius 3 is 1.99 bits per heavy atom. The molecule has 3 aliphatic heterocycles. The zero-order valence-electron chi connectivity index (χ0n) is 50.1. The van der Waals surface area contributed by atoms with E-state index < -0.39 is 102 Å². The quantitative estimate of drug-likeness (QED) is 0.0801. The second kappa shape index (κ2) is 31.0. The molecule has 27 heteroatoms. The molecule has 8 amide bonds. The smallest absolute Gasteiger partial charge is 0.305 e. The van der Waals surface area contributed by atoms with Gasteiger partial charge in [-0.1, -0.05) is 36.4 Å². The first kappa shape index (κ1) is 66.2. The highest BCUT2D eigenvalue weighted by Gasteiger charge is 2.48. The number of halogens is 2. The van der Waals surface area contributed by atoms with Crippen molar-refractivity contribution < 1.29 is 61.8 Å². The van der Waals surface area contributed by atoms with Crippen LogP contribution in [-0.2, 0) is 80.3 Å². The number of amides is 8. The van der Waals surface area contributed by atoms with Crippen molar-refractivity contribution in [2.75, 3.05) is 38.2 Å². The van der Waals surface area contributed by atoms with Crippen LogP contribution < -0.4 is 42.0 Å². The third-order valence-corrected chi connectivity index (χ3v) is 18.0. The minimum Gasteiger partial charge on any atom is -0.497 e. The van der Waals surface area contributed by atoms with Crippen molar-refractivity contribution in [1.29, 1.82) is 0 Å². The van der Waals surface area contributed by atoms with Gasteiger partial charge in [0, 0.05) is 127 Å². The Kier molecular flexibility index (Phi) is 22.5. The average Bonchev–Trinajstić information content (AvgIpc) is 1.73. The Bertz CT molecular complexity index is 3760. The first-order valence-electron chi connectivity index (χ1n) is 29.8. The van der Waals surface area contributed by atoms with Crippen molar-refractivity contribution in [2.24, 2.45) is 0 Å². The number of fused-ring (bicyclic) bond motifs is 32. The van der Waals surface area contributed by atoms with Crippen LogP contribution in [0.1, 0.15) is 72.8 Å². The number of ether oxygens (including phenoxy) is 1. The summed E-state index contributed by atoms with van der Waals surface area (Å²) < 4.78 is 34.6. The molecular weight excluding hydrogens is 1210 g/mol. The minimum atomic E-state index is -1.95. The highest BCUT2D eigenvalue weighted by Crippen LogP contribution is 2.31. The number of imidazole rings is 1. The van der Waals surface area contributed by atoms with Crippen molar-refractivity contribution >= 4 is 98.6 Å². The summed E-state index contributed by atoms with van der Waals surface area (Å²) in [6, 6.07) is 16.3. The molecule has 3 aliphatic rings. The number of hydrogen-bond donors (Lipinski definition) is 11. The Morgan fingerprint density at radius 1 is 0.670 bits per heavy atom. The van der Waals surface area contributed by atoms with Gasteiger partial charge in [0.2, 0.25) is 47.3 Å². The summed E-state index contributed by atoms with van der Waals surface area (Å²) in [6.45, 7) is 2.07. The fourth-order valence-corrected chi connectivity index (χ4v) is 12.8. The van der Waals surface area contributed by atoms with Crippen LogP contribution in [0.2, 0.25) is 0 Å². The molecule has 1 fully saturated rings. The lowest BCUT2D eigenvalue weighted by molar-refractivity contribution is -0.146. The number of carboxylic acids is 1. The van der Waals surface area contributed by atoms with Gasteiger partial charge in [0.1, 0.15) is 59.0 Å². The van der Waals surface area contributed by atoms with E-state index in [1.807, 2.05) is 24.3 Å². The van der Waals surface area contributed by atoms with Gasteiger partial charge in [-0.3, -0.25) is 43.2 Å². The molecule has 10 rings (SSSR count). The molecule has 480 valence electrons. The Balaban J connectivity index is 1.03. The van der Waals surface area contributed by atoms with E-state index in [-0.39, 0.29) is 62.8 Å². The van der Waals surface area contributed by atoms with Crippen LogP contribution in [0.4, 0.5) is 8.78 Å². The van der Waals surface area contributed by atoms with Gasteiger partial charge in [0.05, 0.1) is 13.5 Å². The van der Waals surface area contributed by atoms with Gasteiger partial charge in [0.25, 0.3) is 0 Å². The lowest BCUT2D eigenvalue weighted by Gasteiger charge is -2.36. The predicted octanol–water partition coefficient (Wildman–Crippen LogP) is 4.40. The normalized spacial score (nSPS) is 22.1. The zero-order chi connectivity index (χ0) is 64.6. The molecule has 0 aliphatic carbocycles. The van der Waals surface area contributed by atoms with E-state index in [4.69, 9.17) is 4.74 Å². The molecule has 0 unspecified atom stereocenters. The number of rotatable bonds is 11. The lowest BCUT2D eigenvalue weighted by atomic mass is 9.95. The van der Waals surface area contributed by atoms with Gasteiger partial charge in [-0.2, -0.15) is 23.5 Å². The first-order valence-corrected chi connectivity index (χ1v) is 32.1. The van der Waals surface area contributed by atoms with Crippen LogP contribution in [0.3, 0.4) is 0 Å². The summed E-state index contributed by atoms with van der Waals surface area (Å²) in [5.41, 5.74) is 3.07. The number of aliphatic carboxylic acids is 1. The van der Waals surface area contributed by atoms with Crippen molar-refractivity contribution in [2.45, 2.75) is 112 Å². The molecule has 23 nitrogen and oxygen atoms in total. The molecule has 6 atom stereocenters. The standard InChI is InChI=1S/C64H72F2N12O11S2/c1-64-18-3-23-78(64)62(87)53(26-37-8-12-45(89-2)13-9-37)77-60(85)51(32-54-67-20-21-68-54)75-61(86)52(33-57(81)82)76-58(83)49(29-41-34-71-48-15-11-43(66)30-46(41)48)74-59(84)50(31-44-28-40-27-42(65)10-14-47(40)72-44)73-56(80)16-19-69-55(79)17-24-90-35-38-4-6-39(7-5-38)36-91-25-22-70-63(64)88/h4-15,20-21,27-28,30,34,49-53,71-72H,3,16-19,22-26,29,31-33,35-36H2,1-2H3,(H,67,68)(H,69,79)(H,70,88)(H,73,80)(H,74,84)(H,75,86)(H,76,83)(H,77,85)(H,81,82)/t49-,50-,51-,52-,53-,64-/m0/s1. The van der Waals surface area contributed by atoms with Gasteiger partial charge < -0.3 is 66.9 Å². The molecule has 3 aromatic heterocycles. The molecule has 91 heavy (non-hydrogen) atoms. The molecule has 11 N–H and O–H groups in total. The molecule has 2 bridgehead atoms. The van der Waals surface area contributed by atoms with E-state index in [9.17, 15) is 52.2 Å². The highest BCUT2D eigenvalue weighted by atomic mass is 32.2. The van der Waals surface area contributed by atoms with Crippen molar-refractivity contribution in [3.05, 3.63) is 155 Å². The number of hydrogen-bond acceptors (Lipinski definition) is 13. The summed E-state index contributed by atoms with van der Waals surface area (Å²) in [6.07, 6.45) is 2.93. The second-order valence-corrected chi connectivity index (χ2v) is 24.8. The Hall–Kier alpha value is -9.24. The monoisotopic (exact) mass is 1290 g/mol. The van der Waals surface area contributed by atoms with E-state index in [1.165, 1.54) is 67.0 Å². The largest absolute Gasteiger partial charge is 0.497 e. The maximum absolute atomic E-state index is 15.1. The SMILES string of the molecule is COc1ccc(C[C@@H]2NC(=O)[C@H](Cc3ncc[nH]3)NC(=O)[C@H](CC(=O)O)NC(=O)[C@H](Cc3c[nH]c4ccc(F)cc34)NC(=O)[C@H](Cc3cc4cc(F)ccc4[nH]3)NC(=O)CCNC(=O)CCSCc3ccc(cc3)CSCCNC(=O)[C@]3(C)CCCN3C2=O)cc1. The number of thioether (sulfide) groups is 2. The Labute approximate surface area is 530 Å². The van der Waals surface area contributed by atoms with E-state index in [0.717, 1.165) is 11.1 Å². The number of carbonyl (C=O) groups excluding carboxylic acids is 8. The zero-order valence-corrected chi connectivity index (χ0v) is 51.7. The second-order valence-electron chi connectivity index (χ2n) is 22.6. The summed E-state index contributed by atoms with van der Waals surface area (Å²) in [4.78, 5) is 143. The van der Waals surface area contributed by atoms with Crippen LogP contribution >= 0.6 is 23.5 Å². The third kappa shape index (κ3) is 18.0. The van der Waals surface area contributed by atoms with Gasteiger partial charge in [-0.25, -0.2) is 13.8 Å². The number of nitrogens with one attached hydrogen (secondary N) is 10.